The molecule has 0 fully saturated rings. The van der Waals surface area contributed by atoms with Gasteiger partial charge in [-0.2, -0.15) is 0 Å². The lowest BCUT2D eigenvalue weighted by molar-refractivity contribution is 0.112. The lowest BCUT2D eigenvalue weighted by atomic mass is 10.0. The Hall–Kier alpha value is -2.35. The van der Waals surface area contributed by atoms with Crippen LogP contribution in [0.15, 0.2) is 48.5 Å². The van der Waals surface area contributed by atoms with E-state index >= 15 is 0 Å². The van der Waals surface area contributed by atoms with Crippen molar-refractivity contribution in [3.8, 4) is 11.1 Å². The van der Waals surface area contributed by atoms with Crippen molar-refractivity contribution in [1.82, 2.24) is 4.98 Å². The summed E-state index contributed by atoms with van der Waals surface area (Å²) in [7, 11) is 0. The maximum atomic E-state index is 10.7. The van der Waals surface area contributed by atoms with Crippen LogP contribution in [0, 0.1) is 6.92 Å². The summed E-state index contributed by atoms with van der Waals surface area (Å²) in [6.07, 6.45) is 0.867. The molecule has 0 unspecified atom stereocenters. The van der Waals surface area contributed by atoms with E-state index in [0.717, 1.165) is 23.1 Å². The maximum absolute atomic E-state index is 10.7. The molecule has 0 radical (unpaired) electrons. The summed E-state index contributed by atoms with van der Waals surface area (Å²) in [5.74, 6) is 0. The van der Waals surface area contributed by atoms with Crippen LogP contribution >= 0.6 is 0 Å². The van der Waals surface area contributed by atoms with Gasteiger partial charge >= 0.3 is 0 Å². The predicted octanol–water partition coefficient (Wildman–Crippen LogP) is 3.96. The zero-order valence-electron chi connectivity index (χ0n) is 10.1. The fraction of sp³-hybridized carbons (Fsp3) is 0.0625. The second-order valence-electron chi connectivity index (χ2n) is 4.41. The van der Waals surface area contributed by atoms with Gasteiger partial charge in [0.15, 0.2) is 0 Å². The van der Waals surface area contributed by atoms with Crippen LogP contribution in [0.2, 0.25) is 0 Å². The minimum absolute atomic E-state index is 0.705. The molecule has 2 heteroatoms. The third-order valence-electron chi connectivity index (χ3n) is 3.23. The van der Waals surface area contributed by atoms with E-state index < -0.39 is 0 Å². The highest BCUT2D eigenvalue weighted by atomic mass is 16.1. The topological polar surface area (TPSA) is 32.9 Å². The number of nitrogens with one attached hydrogen (secondary N) is 1. The van der Waals surface area contributed by atoms with Crippen molar-refractivity contribution in [2.75, 3.05) is 0 Å². The second kappa shape index (κ2) is 4.15. The molecule has 0 aliphatic rings. The number of aromatic amines is 1. The van der Waals surface area contributed by atoms with E-state index in [0.29, 0.717) is 5.56 Å². The van der Waals surface area contributed by atoms with Crippen LogP contribution in [0.4, 0.5) is 0 Å². The Morgan fingerprint density at radius 1 is 1.00 bits per heavy atom. The zero-order valence-corrected chi connectivity index (χ0v) is 10.1. The largest absolute Gasteiger partial charge is 0.358 e. The molecule has 2 nitrogen and oxygen atoms in total. The van der Waals surface area contributed by atoms with Crippen molar-refractivity contribution < 1.29 is 4.79 Å². The van der Waals surface area contributed by atoms with Crippen molar-refractivity contribution in [2.24, 2.45) is 0 Å². The lowest BCUT2D eigenvalue weighted by Crippen LogP contribution is -1.82. The smallest absolute Gasteiger partial charge is 0.150 e. The SMILES string of the molecule is Cc1[nH]c2ccccc2c1-c1ccc(C=O)cc1. The minimum atomic E-state index is 0.705. The Morgan fingerprint density at radius 2 is 1.72 bits per heavy atom. The zero-order chi connectivity index (χ0) is 12.5. The molecule has 88 valence electrons. The highest BCUT2D eigenvalue weighted by Gasteiger charge is 2.09. The third kappa shape index (κ3) is 1.63. The molecular weight excluding hydrogens is 222 g/mol. The van der Waals surface area contributed by atoms with Crippen molar-refractivity contribution >= 4 is 17.2 Å². The van der Waals surface area contributed by atoms with E-state index in [1.165, 1.54) is 10.9 Å². The fourth-order valence-electron chi connectivity index (χ4n) is 2.38. The van der Waals surface area contributed by atoms with Gasteiger partial charge in [0, 0.05) is 27.7 Å². The van der Waals surface area contributed by atoms with Gasteiger partial charge in [0.1, 0.15) is 6.29 Å². The van der Waals surface area contributed by atoms with E-state index in [2.05, 4.69) is 24.0 Å². The van der Waals surface area contributed by atoms with Gasteiger partial charge in [-0.15, -0.1) is 0 Å². The van der Waals surface area contributed by atoms with Gasteiger partial charge in [0.2, 0.25) is 0 Å². The molecule has 1 aromatic heterocycles. The van der Waals surface area contributed by atoms with Gasteiger partial charge in [-0.3, -0.25) is 4.79 Å². The number of benzene rings is 2. The van der Waals surface area contributed by atoms with Gasteiger partial charge in [-0.1, -0.05) is 42.5 Å². The summed E-state index contributed by atoms with van der Waals surface area (Å²) >= 11 is 0. The molecule has 1 N–H and O–H groups in total. The monoisotopic (exact) mass is 235 g/mol. The van der Waals surface area contributed by atoms with Crippen molar-refractivity contribution in [3.05, 3.63) is 59.8 Å². The van der Waals surface area contributed by atoms with Crippen LogP contribution in [-0.2, 0) is 0 Å². The summed E-state index contributed by atoms with van der Waals surface area (Å²) in [5, 5.41) is 1.22. The van der Waals surface area contributed by atoms with Crippen LogP contribution in [0.3, 0.4) is 0 Å². The summed E-state index contributed by atoms with van der Waals surface area (Å²) in [6, 6.07) is 15.9. The number of fused-ring (bicyclic) bond motifs is 1. The molecule has 3 rings (SSSR count). The molecule has 3 aromatic rings. The molecule has 2 aromatic carbocycles. The molecule has 0 atom stereocenters. The Morgan fingerprint density at radius 3 is 2.44 bits per heavy atom. The average Bonchev–Trinajstić information content (AvgIpc) is 2.75. The van der Waals surface area contributed by atoms with Crippen LogP contribution < -0.4 is 0 Å². The third-order valence-corrected chi connectivity index (χ3v) is 3.23. The van der Waals surface area contributed by atoms with Gasteiger partial charge in [0.05, 0.1) is 0 Å². The van der Waals surface area contributed by atoms with E-state index in [1.807, 2.05) is 36.4 Å². The van der Waals surface area contributed by atoms with Gasteiger partial charge < -0.3 is 4.98 Å². The highest BCUT2D eigenvalue weighted by Crippen LogP contribution is 2.31. The number of hydrogen-bond donors (Lipinski definition) is 1. The van der Waals surface area contributed by atoms with Crippen LogP contribution in [-0.4, -0.2) is 11.3 Å². The number of aldehydes is 1. The Balaban J connectivity index is 2.23. The van der Waals surface area contributed by atoms with Crippen molar-refractivity contribution in [2.45, 2.75) is 6.92 Å². The maximum Gasteiger partial charge on any atom is 0.150 e. The Bertz CT molecular complexity index is 708. The van der Waals surface area contributed by atoms with Gasteiger partial charge in [-0.25, -0.2) is 0 Å². The number of aromatic nitrogens is 1. The molecule has 0 saturated carbocycles. The molecule has 0 spiro atoms. The van der Waals surface area contributed by atoms with E-state index in [4.69, 9.17) is 0 Å². The number of carbonyl (C=O) groups is 1. The van der Waals surface area contributed by atoms with Crippen molar-refractivity contribution in [3.63, 3.8) is 0 Å². The highest BCUT2D eigenvalue weighted by molar-refractivity contribution is 5.97. The van der Waals surface area contributed by atoms with Gasteiger partial charge in [-0.05, 0) is 18.6 Å². The normalized spacial score (nSPS) is 10.7. The number of para-hydroxylation sites is 1. The fourth-order valence-corrected chi connectivity index (χ4v) is 2.38. The van der Waals surface area contributed by atoms with Crippen molar-refractivity contribution in [1.29, 1.82) is 0 Å². The first-order valence-electron chi connectivity index (χ1n) is 5.92. The molecule has 0 aliphatic heterocycles. The van der Waals surface area contributed by atoms with Gasteiger partial charge in [0.25, 0.3) is 0 Å². The summed E-state index contributed by atoms with van der Waals surface area (Å²) in [5.41, 5.74) is 5.34. The first-order valence-corrected chi connectivity index (χ1v) is 5.92. The molecule has 1 heterocycles. The first-order chi connectivity index (χ1) is 8.79. The average molecular weight is 235 g/mol. The Labute approximate surface area is 105 Å². The Kier molecular flexibility index (Phi) is 2.49. The summed E-state index contributed by atoms with van der Waals surface area (Å²) in [6.45, 7) is 2.07. The standard InChI is InChI=1S/C16H13NO/c1-11-16(13-8-6-12(10-18)7-9-13)14-4-2-3-5-15(14)17-11/h2-10,17H,1H3. The van der Waals surface area contributed by atoms with E-state index in [9.17, 15) is 4.79 Å². The molecule has 0 amide bonds. The molecule has 0 aliphatic carbocycles. The van der Waals surface area contributed by atoms with Crippen LogP contribution in [0.25, 0.3) is 22.0 Å². The second-order valence-corrected chi connectivity index (χ2v) is 4.41. The number of hydrogen-bond acceptors (Lipinski definition) is 1. The molecular formula is C16H13NO. The first kappa shape index (κ1) is 10.8. The lowest BCUT2D eigenvalue weighted by Gasteiger charge is -2.02. The number of carbonyl (C=O) groups excluding carboxylic acids is 1. The summed E-state index contributed by atoms with van der Waals surface area (Å²) in [4.78, 5) is 14.1. The van der Waals surface area contributed by atoms with Crippen LogP contribution in [0.1, 0.15) is 16.1 Å². The number of H-pyrrole nitrogens is 1. The summed E-state index contributed by atoms with van der Waals surface area (Å²) < 4.78 is 0. The molecule has 18 heavy (non-hydrogen) atoms. The number of aryl methyl sites for hydroxylation is 1. The minimum Gasteiger partial charge on any atom is -0.358 e. The molecule has 0 bridgehead atoms. The quantitative estimate of drug-likeness (QED) is 0.670. The van der Waals surface area contributed by atoms with E-state index in [-0.39, 0.29) is 0 Å². The molecule has 0 saturated heterocycles. The van der Waals surface area contributed by atoms with Crippen LogP contribution in [0.5, 0.6) is 0 Å². The number of rotatable bonds is 2. The van der Waals surface area contributed by atoms with E-state index in [1.54, 1.807) is 0 Å². The predicted molar refractivity (Wildman–Crippen MR) is 73.9 cm³/mol.